The molecule has 0 amide bonds. The van der Waals surface area contributed by atoms with E-state index in [1.807, 2.05) is 6.92 Å². The largest absolute Gasteiger partial charge is 0.378 e. The number of ether oxygens (including phenoxy) is 1. The van der Waals surface area contributed by atoms with E-state index >= 15 is 0 Å². The lowest BCUT2D eigenvalue weighted by Crippen LogP contribution is -2.37. The van der Waals surface area contributed by atoms with Gasteiger partial charge >= 0.3 is 0 Å². The molecule has 1 heterocycles. The lowest BCUT2D eigenvalue weighted by atomic mass is 10.1. The van der Waals surface area contributed by atoms with Crippen LogP contribution in [-0.2, 0) is 4.74 Å². The molecule has 1 aromatic carbocycles. The first-order chi connectivity index (χ1) is 7.68. The highest BCUT2D eigenvalue weighted by Gasteiger charge is 2.17. The fraction of sp³-hybridized carbons (Fsp3) is 0.500. The van der Waals surface area contributed by atoms with Crippen molar-refractivity contribution in [2.24, 2.45) is 5.73 Å². The van der Waals surface area contributed by atoms with Crippen molar-refractivity contribution in [3.8, 4) is 0 Å². The zero-order chi connectivity index (χ0) is 11.5. The molecule has 1 aliphatic rings. The third kappa shape index (κ3) is 2.33. The van der Waals surface area contributed by atoms with E-state index in [2.05, 4.69) is 4.90 Å². The Labute approximate surface area is 95.0 Å². The summed E-state index contributed by atoms with van der Waals surface area (Å²) in [5.74, 6) is -0.217. The van der Waals surface area contributed by atoms with Crippen molar-refractivity contribution in [3.05, 3.63) is 29.6 Å². The average molecular weight is 224 g/mol. The molecule has 1 atom stereocenters. The van der Waals surface area contributed by atoms with Crippen LogP contribution in [0.2, 0.25) is 0 Å². The fourth-order valence-corrected chi connectivity index (χ4v) is 1.98. The Bertz CT molecular complexity index is 362. The summed E-state index contributed by atoms with van der Waals surface area (Å²) in [5, 5.41) is 0. The van der Waals surface area contributed by atoms with Gasteiger partial charge in [-0.3, -0.25) is 0 Å². The molecule has 2 rings (SSSR count). The molecule has 1 unspecified atom stereocenters. The van der Waals surface area contributed by atoms with Crippen molar-refractivity contribution >= 4 is 5.69 Å². The molecule has 1 fully saturated rings. The molecule has 1 aromatic rings. The smallest absolute Gasteiger partial charge is 0.125 e. The van der Waals surface area contributed by atoms with Crippen LogP contribution in [0.5, 0.6) is 0 Å². The van der Waals surface area contributed by atoms with Gasteiger partial charge in [0.2, 0.25) is 0 Å². The number of benzene rings is 1. The minimum absolute atomic E-state index is 0.0848. The minimum atomic E-state index is -0.217. The number of anilines is 1. The Hall–Kier alpha value is -1.13. The van der Waals surface area contributed by atoms with Gasteiger partial charge in [-0.25, -0.2) is 4.39 Å². The van der Waals surface area contributed by atoms with E-state index in [1.54, 1.807) is 12.1 Å². The van der Waals surface area contributed by atoms with Gasteiger partial charge in [0.1, 0.15) is 5.82 Å². The second-order valence-corrected chi connectivity index (χ2v) is 4.09. The maximum atomic E-state index is 13.3. The topological polar surface area (TPSA) is 38.5 Å². The first-order valence-electron chi connectivity index (χ1n) is 5.56. The van der Waals surface area contributed by atoms with Crippen LogP contribution in [0.4, 0.5) is 10.1 Å². The lowest BCUT2D eigenvalue weighted by molar-refractivity contribution is 0.122. The molecule has 3 nitrogen and oxygen atoms in total. The maximum absolute atomic E-state index is 13.3. The highest BCUT2D eigenvalue weighted by atomic mass is 19.1. The van der Waals surface area contributed by atoms with E-state index in [1.165, 1.54) is 6.07 Å². The quantitative estimate of drug-likeness (QED) is 0.830. The van der Waals surface area contributed by atoms with Gasteiger partial charge in [0.25, 0.3) is 0 Å². The monoisotopic (exact) mass is 224 g/mol. The van der Waals surface area contributed by atoms with E-state index in [-0.39, 0.29) is 11.9 Å². The normalized spacial score (nSPS) is 18.6. The predicted octanol–water partition coefficient (Wildman–Crippen LogP) is 1.68. The molecule has 88 valence electrons. The maximum Gasteiger partial charge on any atom is 0.125 e. The van der Waals surface area contributed by atoms with E-state index in [4.69, 9.17) is 10.5 Å². The Balaban J connectivity index is 2.32. The van der Waals surface area contributed by atoms with Crippen LogP contribution in [0.25, 0.3) is 0 Å². The van der Waals surface area contributed by atoms with Crippen molar-refractivity contribution in [2.75, 3.05) is 31.2 Å². The van der Waals surface area contributed by atoms with E-state index in [0.29, 0.717) is 13.2 Å². The Morgan fingerprint density at radius 2 is 2.06 bits per heavy atom. The molecule has 0 saturated carbocycles. The van der Waals surface area contributed by atoms with Gasteiger partial charge in [0.05, 0.1) is 13.2 Å². The van der Waals surface area contributed by atoms with Crippen molar-refractivity contribution < 1.29 is 9.13 Å². The first-order valence-corrected chi connectivity index (χ1v) is 5.56. The van der Waals surface area contributed by atoms with Gasteiger partial charge in [0, 0.05) is 24.8 Å². The summed E-state index contributed by atoms with van der Waals surface area (Å²) in [4.78, 5) is 2.13. The number of morpholine rings is 1. The van der Waals surface area contributed by atoms with Crippen molar-refractivity contribution in [2.45, 2.75) is 13.0 Å². The number of hydrogen-bond acceptors (Lipinski definition) is 3. The number of rotatable bonds is 2. The number of nitrogens with two attached hydrogens (primary N) is 1. The molecular weight excluding hydrogens is 207 g/mol. The molecule has 0 radical (unpaired) electrons. The van der Waals surface area contributed by atoms with Gasteiger partial charge in [-0.1, -0.05) is 6.07 Å². The summed E-state index contributed by atoms with van der Waals surface area (Å²) in [5.41, 5.74) is 7.78. The number of nitrogens with zero attached hydrogens (tertiary/aromatic N) is 1. The Morgan fingerprint density at radius 3 is 2.69 bits per heavy atom. The molecule has 4 heteroatoms. The van der Waals surface area contributed by atoms with Crippen LogP contribution in [0.3, 0.4) is 0 Å². The van der Waals surface area contributed by atoms with Crippen molar-refractivity contribution in [1.29, 1.82) is 0 Å². The zero-order valence-electron chi connectivity index (χ0n) is 9.45. The lowest BCUT2D eigenvalue weighted by Gasteiger charge is -2.31. The summed E-state index contributed by atoms with van der Waals surface area (Å²) >= 11 is 0. The van der Waals surface area contributed by atoms with Crippen LogP contribution in [0, 0.1) is 5.82 Å². The second-order valence-electron chi connectivity index (χ2n) is 4.09. The van der Waals surface area contributed by atoms with E-state index in [9.17, 15) is 4.39 Å². The van der Waals surface area contributed by atoms with Gasteiger partial charge in [-0.05, 0) is 24.6 Å². The highest BCUT2D eigenvalue weighted by molar-refractivity contribution is 5.55. The third-order valence-electron chi connectivity index (χ3n) is 2.83. The Kier molecular flexibility index (Phi) is 3.41. The molecule has 0 bridgehead atoms. The third-order valence-corrected chi connectivity index (χ3v) is 2.83. The van der Waals surface area contributed by atoms with E-state index in [0.717, 1.165) is 24.3 Å². The molecule has 0 spiro atoms. The van der Waals surface area contributed by atoms with Crippen LogP contribution >= 0.6 is 0 Å². The number of hydrogen-bond donors (Lipinski definition) is 1. The summed E-state index contributed by atoms with van der Waals surface area (Å²) in [6, 6.07) is 4.70. The van der Waals surface area contributed by atoms with Gasteiger partial charge < -0.3 is 15.4 Å². The molecule has 0 aromatic heterocycles. The van der Waals surface area contributed by atoms with Crippen LogP contribution in [0.1, 0.15) is 18.5 Å². The summed E-state index contributed by atoms with van der Waals surface area (Å²) in [6.45, 7) is 4.88. The van der Waals surface area contributed by atoms with Crippen LogP contribution in [-0.4, -0.2) is 26.3 Å². The summed E-state index contributed by atoms with van der Waals surface area (Å²) in [7, 11) is 0. The van der Waals surface area contributed by atoms with Gasteiger partial charge in [-0.2, -0.15) is 0 Å². The zero-order valence-corrected chi connectivity index (χ0v) is 9.45. The van der Waals surface area contributed by atoms with Crippen LogP contribution in [0.15, 0.2) is 18.2 Å². The molecule has 1 saturated heterocycles. The fourth-order valence-electron chi connectivity index (χ4n) is 1.98. The Morgan fingerprint density at radius 1 is 1.38 bits per heavy atom. The van der Waals surface area contributed by atoms with Gasteiger partial charge in [-0.15, -0.1) is 0 Å². The van der Waals surface area contributed by atoms with Crippen LogP contribution < -0.4 is 10.6 Å². The minimum Gasteiger partial charge on any atom is -0.378 e. The predicted molar refractivity (Wildman–Crippen MR) is 62.0 cm³/mol. The van der Waals surface area contributed by atoms with E-state index < -0.39 is 0 Å². The molecule has 1 aliphatic heterocycles. The highest BCUT2D eigenvalue weighted by Crippen LogP contribution is 2.26. The summed E-state index contributed by atoms with van der Waals surface area (Å²) < 4.78 is 18.6. The first kappa shape index (κ1) is 11.4. The molecule has 0 aliphatic carbocycles. The molecular formula is C12H17FN2O. The molecule has 2 N–H and O–H groups in total. The molecule has 16 heavy (non-hydrogen) atoms. The SMILES string of the molecule is CC(N)c1ccc(F)cc1N1CCOCC1. The summed E-state index contributed by atoms with van der Waals surface area (Å²) in [6.07, 6.45) is 0. The van der Waals surface area contributed by atoms with Gasteiger partial charge in [0.15, 0.2) is 0 Å². The second kappa shape index (κ2) is 4.80. The number of halogens is 1. The average Bonchev–Trinajstić information content (AvgIpc) is 2.29. The standard InChI is InChI=1S/C12H17FN2O/c1-9(14)11-3-2-10(13)8-12(11)15-4-6-16-7-5-15/h2-3,8-9H,4-7,14H2,1H3. The van der Waals surface area contributed by atoms with Crippen molar-refractivity contribution in [1.82, 2.24) is 0 Å². The van der Waals surface area contributed by atoms with Crippen molar-refractivity contribution in [3.63, 3.8) is 0 Å².